The Bertz CT molecular complexity index is 1220. The first-order valence-corrected chi connectivity index (χ1v) is 11.5. The van der Waals surface area contributed by atoms with Crippen LogP contribution in [0.1, 0.15) is 56.3 Å². The summed E-state index contributed by atoms with van der Waals surface area (Å²) in [4.78, 5) is 4.12. The van der Waals surface area contributed by atoms with Gasteiger partial charge in [0, 0.05) is 24.2 Å². The van der Waals surface area contributed by atoms with Crippen molar-refractivity contribution in [3.8, 4) is 5.75 Å². The molecule has 1 saturated heterocycles. The monoisotopic (exact) mass is 515 g/mol. The summed E-state index contributed by atoms with van der Waals surface area (Å²) in [5, 5.41) is 14.5. The van der Waals surface area contributed by atoms with Gasteiger partial charge in [0.1, 0.15) is 12.4 Å². The average Bonchev–Trinajstić information content (AvgIpc) is 3.19. The first-order chi connectivity index (χ1) is 16.7. The fraction of sp³-hybridized carbons (Fsp3) is 0.480. The number of benzene rings is 2. The Kier molecular flexibility index (Phi) is 6.76. The third-order valence-corrected chi connectivity index (χ3v) is 6.45. The number of rotatable bonds is 5. The molecule has 0 aliphatic carbocycles. The minimum atomic E-state index is -4.62. The van der Waals surface area contributed by atoms with Gasteiger partial charge in [0.15, 0.2) is 0 Å². The lowest BCUT2D eigenvalue weighted by molar-refractivity contribution is -0.138. The maximum Gasteiger partial charge on any atom is 0.418 e. The Morgan fingerprint density at radius 3 is 2.33 bits per heavy atom. The third kappa shape index (κ3) is 5.31. The van der Waals surface area contributed by atoms with Crippen molar-refractivity contribution in [1.29, 1.82) is 0 Å². The van der Waals surface area contributed by atoms with Gasteiger partial charge < -0.3 is 19.7 Å². The molecular weight excluding hydrogens is 488 g/mol. The number of hydrogen-bond acceptors (Lipinski definition) is 4. The third-order valence-electron chi connectivity index (χ3n) is 6.45. The average molecular weight is 515 g/mol. The van der Waals surface area contributed by atoms with E-state index in [-0.39, 0.29) is 48.3 Å². The van der Waals surface area contributed by atoms with E-state index < -0.39 is 35.1 Å². The van der Waals surface area contributed by atoms with Crippen molar-refractivity contribution in [3.05, 3.63) is 59.4 Å². The van der Waals surface area contributed by atoms with Crippen LogP contribution >= 0.6 is 0 Å². The van der Waals surface area contributed by atoms with Gasteiger partial charge >= 0.3 is 12.4 Å². The highest BCUT2D eigenvalue weighted by molar-refractivity contribution is 5.81. The number of alkyl halides is 6. The van der Waals surface area contributed by atoms with Crippen molar-refractivity contribution in [3.63, 3.8) is 0 Å². The van der Waals surface area contributed by atoms with Crippen molar-refractivity contribution in [2.75, 3.05) is 6.61 Å². The highest BCUT2D eigenvalue weighted by Crippen LogP contribution is 2.40. The van der Waals surface area contributed by atoms with Gasteiger partial charge in [-0.3, -0.25) is 0 Å². The minimum absolute atomic E-state index is 0.0121. The fourth-order valence-electron chi connectivity index (χ4n) is 4.86. The molecule has 2 heterocycles. The summed E-state index contributed by atoms with van der Waals surface area (Å²) in [6.07, 6.45) is -7.38. The summed E-state index contributed by atoms with van der Waals surface area (Å²) in [6, 6.07) is 5.86. The summed E-state index contributed by atoms with van der Waals surface area (Å²) in [5.41, 5.74) is -2.61. The van der Waals surface area contributed by atoms with E-state index in [1.165, 1.54) is 29.1 Å². The zero-order valence-electron chi connectivity index (χ0n) is 19.9. The van der Waals surface area contributed by atoms with Crippen LogP contribution in [0.25, 0.3) is 11.0 Å². The lowest BCUT2D eigenvalue weighted by Gasteiger charge is -2.41. The Hall–Kier alpha value is -2.79. The van der Waals surface area contributed by atoms with Gasteiger partial charge in [-0.2, -0.15) is 26.3 Å². The molecule has 11 heteroatoms. The van der Waals surface area contributed by atoms with Crippen molar-refractivity contribution < 1.29 is 36.2 Å². The molecule has 36 heavy (non-hydrogen) atoms. The zero-order chi connectivity index (χ0) is 26.5. The number of piperidine rings is 1. The first kappa shape index (κ1) is 26.3. The second-order valence-electron chi connectivity index (χ2n) is 9.67. The Morgan fingerprint density at radius 2 is 1.75 bits per heavy atom. The molecule has 3 atom stereocenters. The summed E-state index contributed by atoms with van der Waals surface area (Å²) in [6.45, 7) is 5.29. The summed E-state index contributed by atoms with van der Waals surface area (Å²) < 4.78 is 87.5. The largest absolute Gasteiger partial charge is 0.492 e. The second kappa shape index (κ2) is 9.26. The smallest absolute Gasteiger partial charge is 0.418 e. The lowest BCUT2D eigenvalue weighted by atomic mass is 9.79. The van der Waals surface area contributed by atoms with Crippen molar-refractivity contribution in [2.24, 2.45) is 0 Å². The van der Waals surface area contributed by atoms with E-state index in [0.717, 1.165) is 18.2 Å². The van der Waals surface area contributed by atoms with Crippen LogP contribution in [0.15, 0.2) is 42.7 Å². The van der Waals surface area contributed by atoms with Crippen molar-refractivity contribution in [1.82, 2.24) is 14.9 Å². The van der Waals surface area contributed by atoms with E-state index in [2.05, 4.69) is 10.3 Å². The molecule has 0 bridgehead atoms. The van der Waals surface area contributed by atoms with Gasteiger partial charge in [0.2, 0.25) is 0 Å². The number of fused-ring (bicyclic) bond motifs is 1. The maximum atomic E-state index is 13.8. The van der Waals surface area contributed by atoms with Crippen LogP contribution in [-0.4, -0.2) is 33.3 Å². The zero-order valence-corrected chi connectivity index (χ0v) is 19.9. The SMILES string of the molecule is CC(C)n1cnc2cc(OC[C@@H]3C[C@](O)(c4ccc(C(F)(F)F)cc4)C[C@H](C)N3)cc(C(F)(F)F)c21. The summed E-state index contributed by atoms with van der Waals surface area (Å²) in [7, 11) is 0. The highest BCUT2D eigenvalue weighted by Gasteiger charge is 2.40. The molecular formula is C25H27F6N3O2. The molecule has 0 radical (unpaired) electrons. The second-order valence-corrected chi connectivity index (χ2v) is 9.67. The molecule has 2 aromatic carbocycles. The Balaban J connectivity index is 1.55. The van der Waals surface area contributed by atoms with Crippen LogP contribution in [0.4, 0.5) is 26.3 Å². The number of imidazole rings is 1. The molecule has 2 N–H and O–H groups in total. The van der Waals surface area contributed by atoms with Crippen LogP contribution in [-0.2, 0) is 18.0 Å². The number of nitrogens with zero attached hydrogens (tertiary/aromatic N) is 2. The van der Waals surface area contributed by atoms with E-state index >= 15 is 0 Å². The molecule has 0 unspecified atom stereocenters. The highest BCUT2D eigenvalue weighted by atomic mass is 19.4. The molecule has 0 amide bonds. The Labute approximate surface area is 204 Å². The van der Waals surface area contributed by atoms with Gasteiger partial charge in [0.25, 0.3) is 0 Å². The van der Waals surface area contributed by atoms with Crippen molar-refractivity contribution in [2.45, 2.75) is 69.7 Å². The molecule has 4 rings (SSSR count). The number of halogens is 6. The van der Waals surface area contributed by atoms with E-state index in [0.29, 0.717) is 5.56 Å². The van der Waals surface area contributed by atoms with Gasteiger partial charge in [-0.05, 0) is 57.4 Å². The maximum absolute atomic E-state index is 13.8. The molecule has 5 nitrogen and oxygen atoms in total. The molecule has 0 spiro atoms. The van der Waals surface area contributed by atoms with E-state index in [9.17, 15) is 31.4 Å². The number of hydrogen-bond donors (Lipinski definition) is 2. The molecule has 1 aromatic heterocycles. The van der Waals surface area contributed by atoms with Crippen LogP contribution in [0.5, 0.6) is 5.75 Å². The quantitative estimate of drug-likeness (QED) is 0.406. The molecule has 0 saturated carbocycles. The summed E-state index contributed by atoms with van der Waals surface area (Å²) >= 11 is 0. The molecule has 3 aromatic rings. The number of aliphatic hydroxyl groups is 1. The molecule has 1 fully saturated rings. The number of aromatic nitrogens is 2. The van der Waals surface area contributed by atoms with Crippen LogP contribution in [0.2, 0.25) is 0 Å². The van der Waals surface area contributed by atoms with Gasteiger partial charge in [-0.15, -0.1) is 0 Å². The van der Waals surface area contributed by atoms with Crippen molar-refractivity contribution >= 4 is 11.0 Å². The predicted molar refractivity (Wildman–Crippen MR) is 122 cm³/mol. The van der Waals surface area contributed by atoms with E-state index in [4.69, 9.17) is 4.74 Å². The topological polar surface area (TPSA) is 59.3 Å². The number of ether oxygens (including phenoxy) is 1. The molecule has 1 aliphatic heterocycles. The van der Waals surface area contributed by atoms with Crippen LogP contribution in [0.3, 0.4) is 0 Å². The number of nitrogens with one attached hydrogen (secondary N) is 1. The summed E-state index contributed by atoms with van der Waals surface area (Å²) in [5.74, 6) is -0.0121. The van der Waals surface area contributed by atoms with E-state index in [1.807, 2.05) is 6.92 Å². The van der Waals surface area contributed by atoms with Crippen LogP contribution < -0.4 is 10.1 Å². The predicted octanol–water partition coefficient (Wildman–Crippen LogP) is 6.06. The minimum Gasteiger partial charge on any atom is -0.492 e. The Morgan fingerprint density at radius 1 is 1.08 bits per heavy atom. The van der Waals surface area contributed by atoms with E-state index in [1.54, 1.807) is 13.8 Å². The normalized spacial score (nSPS) is 23.4. The van der Waals surface area contributed by atoms with Gasteiger partial charge in [-0.1, -0.05) is 12.1 Å². The van der Waals surface area contributed by atoms with Crippen LogP contribution in [0, 0.1) is 0 Å². The first-order valence-electron chi connectivity index (χ1n) is 11.5. The van der Waals surface area contributed by atoms with Gasteiger partial charge in [0.05, 0.1) is 34.1 Å². The standard InChI is InChI=1S/C25H27F6N3O2/c1-14(2)34-13-32-21-9-19(8-20(22(21)34)25(29,30)31)36-12-18-11-23(35,10-15(3)33-18)16-4-6-17(7-5-16)24(26,27)28/h4-9,13-15,18,33,35H,10-12H2,1-3H3/t15-,18-,23-/m0/s1. The lowest BCUT2D eigenvalue weighted by Crippen LogP contribution is -2.53. The molecule has 1 aliphatic rings. The van der Waals surface area contributed by atoms with Gasteiger partial charge in [-0.25, -0.2) is 4.98 Å². The fourth-order valence-corrected chi connectivity index (χ4v) is 4.86. The molecule has 196 valence electrons.